The maximum absolute atomic E-state index is 10.8. The van der Waals surface area contributed by atoms with Crippen LogP contribution in [0.2, 0.25) is 0 Å². The van der Waals surface area contributed by atoms with E-state index in [2.05, 4.69) is 5.32 Å². The molecular weight excluding hydrogens is 226 g/mol. The number of aliphatic hydroxyl groups is 1. The van der Waals surface area contributed by atoms with Gasteiger partial charge in [0.2, 0.25) is 0 Å². The van der Waals surface area contributed by atoms with Gasteiger partial charge in [0.05, 0.1) is 24.7 Å². The lowest BCUT2D eigenvalue weighted by Crippen LogP contribution is -2.12. The van der Waals surface area contributed by atoms with Crippen LogP contribution in [0.1, 0.15) is 0 Å². The van der Waals surface area contributed by atoms with Crippen molar-refractivity contribution in [1.82, 2.24) is 0 Å². The Morgan fingerprint density at radius 1 is 1.47 bits per heavy atom. The highest BCUT2D eigenvalue weighted by molar-refractivity contribution is 5.66. The molecule has 0 spiro atoms. The van der Waals surface area contributed by atoms with Crippen molar-refractivity contribution < 1.29 is 14.8 Å². The molecule has 0 radical (unpaired) electrons. The van der Waals surface area contributed by atoms with Gasteiger partial charge in [-0.15, -0.1) is 0 Å². The van der Waals surface area contributed by atoms with Gasteiger partial charge in [-0.2, -0.15) is 0 Å². The molecule has 94 valence electrons. The summed E-state index contributed by atoms with van der Waals surface area (Å²) >= 11 is 0. The third-order valence-corrected chi connectivity index (χ3v) is 2.02. The van der Waals surface area contributed by atoms with E-state index >= 15 is 0 Å². The maximum atomic E-state index is 10.8. The summed E-state index contributed by atoms with van der Waals surface area (Å²) in [7, 11) is 0. The van der Waals surface area contributed by atoms with Crippen LogP contribution in [0, 0.1) is 10.1 Å². The predicted octanol–water partition coefficient (Wildman–Crippen LogP) is 0.598. The number of hydrogen-bond donors (Lipinski definition) is 3. The van der Waals surface area contributed by atoms with Gasteiger partial charge in [-0.25, -0.2) is 0 Å². The van der Waals surface area contributed by atoms with Crippen LogP contribution in [0.5, 0.6) is 0 Å². The summed E-state index contributed by atoms with van der Waals surface area (Å²) in [6, 6.07) is 4.44. The van der Waals surface area contributed by atoms with Gasteiger partial charge in [0.15, 0.2) is 0 Å². The van der Waals surface area contributed by atoms with E-state index in [1.165, 1.54) is 6.07 Å². The summed E-state index contributed by atoms with van der Waals surface area (Å²) < 4.78 is 5.02. The molecule has 0 bridgehead atoms. The topological polar surface area (TPSA) is 111 Å². The highest BCUT2D eigenvalue weighted by atomic mass is 16.6. The third kappa shape index (κ3) is 4.25. The van der Waals surface area contributed by atoms with Crippen molar-refractivity contribution in [1.29, 1.82) is 0 Å². The zero-order valence-corrected chi connectivity index (χ0v) is 9.26. The molecule has 0 heterocycles. The van der Waals surface area contributed by atoms with Gasteiger partial charge in [-0.05, 0) is 12.1 Å². The molecule has 0 atom stereocenters. The number of nitrogens with one attached hydrogen (secondary N) is 1. The van der Waals surface area contributed by atoms with E-state index in [-0.39, 0.29) is 18.9 Å². The number of nitrogen functional groups attached to an aromatic ring is 1. The Balaban J connectivity index is 2.55. The van der Waals surface area contributed by atoms with E-state index in [4.69, 9.17) is 15.6 Å². The first-order valence-corrected chi connectivity index (χ1v) is 5.11. The van der Waals surface area contributed by atoms with Gasteiger partial charge in [0, 0.05) is 18.3 Å². The Morgan fingerprint density at radius 3 is 2.88 bits per heavy atom. The summed E-state index contributed by atoms with van der Waals surface area (Å²) in [6.07, 6.45) is 0. The first kappa shape index (κ1) is 13.2. The number of benzene rings is 1. The second-order valence-corrected chi connectivity index (χ2v) is 3.30. The monoisotopic (exact) mass is 241 g/mol. The fourth-order valence-electron chi connectivity index (χ4n) is 1.27. The average Bonchev–Trinajstić information content (AvgIpc) is 2.30. The maximum Gasteiger partial charge on any atom is 0.294 e. The van der Waals surface area contributed by atoms with Crippen LogP contribution < -0.4 is 11.1 Å². The van der Waals surface area contributed by atoms with E-state index in [0.29, 0.717) is 24.5 Å². The molecule has 17 heavy (non-hydrogen) atoms. The molecule has 1 rings (SSSR count). The number of ether oxygens (including phenoxy) is 1. The summed E-state index contributed by atoms with van der Waals surface area (Å²) in [5.41, 5.74) is 6.16. The Morgan fingerprint density at radius 2 is 2.24 bits per heavy atom. The highest BCUT2D eigenvalue weighted by Gasteiger charge is 2.13. The smallest absolute Gasteiger partial charge is 0.294 e. The van der Waals surface area contributed by atoms with Crippen LogP contribution in [-0.4, -0.2) is 36.4 Å². The van der Waals surface area contributed by atoms with E-state index in [0.717, 1.165) is 0 Å². The van der Waals surface area contributed by atoms with Gasteiger partial charge in [-0.3, -0.25) is 10.1 Å². The zero-order chi connectivity index (χ0) is 12.7. The summed E-state index contributed by atoms with van der Waals surface area (Å²) in [5, 5.41) is 22.1. The van der Waals surface area contributed by atoms with Crippen LogP contribution in [-0.2, 0) is 4.74 Å². The number of aliphatic hydroxyl groups excluding tert-OH is 1. The number of nitrogens with zero attached hydrogens (tertiary/aromatic N) is 1. The normalized spacial score (nSPS) is 10.2. The van der Waals surface area contributed by atoms with Crippen molar-refractivity contribution in [2.24, 2.45) is 0 Å². The van der Waals surface area contributed by atoms with Crippen molar-refractivity contribution in [3.63, 3.8) is 0 Å². The molecule has 0 fully saturated rings. The number of anilines is 2. The lowest BCUT2D eigenvalue weighted by atomic mass is 10.2. The number of hydrogen-bond acceptors (Lipinski definition) is 6. The molecular formula is C10H15N3O4. The van der Waals surface area contributed by atoms with Gasteiger partial charge < -0.3 is 20.9 Å². The van der Waals surface area contributed by atoms with Crippen molar-refractivity contribution in [2.75, 3.05) is 37.4 Å². The highest BCUT2D eigenvalue weighted by Crippen LogP contribution is 2.26. The second-order valence-electron chi connectivity index (χ2n) is 3.30. The molecule has 7 nitrogen and oxygen atoms in total. The van der Waals surface area contributed by atoms with Crippen molar-refractivity contribution >= 4 is 17.1 Å². The molecule has 0 saturated heterocycles. The van der Waals surface area contributed by atoms with Crippen molar-refractivity contribution in [3.05, 3.63) is 28.3 Å². The van der Waals surface area contributed by atoms with Crippen LogP contribution >= 0.6 is 0 Å². The predicted molar refractivity (Wildman–Crippen MR) is 63.9 cm³/mol. The Hall–Kier alpha value is -1.86. The SMILES string of the molecule is Nc1ccc(NCCOCCO)c([N+](=O)[O-])c1. The third-order valence-electron chi connectivity index (χ3n) is 2.02. The first-order chi connectivity index (χ1) is 8.15. The van der Waals surface area contributed by atoms with Crippen molar-refractivity contribution in [3.8, 4) is 0 Å². The lowest BCUT2D eigenvalue weighted by Gasteiger charge is -2.07. The zero-order valence-electron chi connectivity index (χ0n) is 9.26. The molecule has 0 amide bonds. The second kappa shape index (κ2) is 6.66. The largest absolute Gasteiger partial charge is 0.399 e. The summed E-state index contributed by atoms with van der Waals surface area (Å²) in [4.78, 5) is 10.3. The number of rotatable bonds is 7. The molecule has 7 heteroatoms. The molecule has 0 saturated carbocycles. The number of nitro benzene ring substituents is 1. The number of nitrogens with two attached hydrogens (primary N) is 1. The molecule has 0 unspecified atom stereocenters. The molecule has 0 aromatic heterocycles. The minimum Gasteiger partial charge on any atom is -0.399 e. The quantitative estimate of drug-likeness (QED) is 0.279. The first-order valence-electron chi connectivity index (χ1n) is 5.11. The molecule has 4 N–H and O–H groups in total. The number of nitro groups is 1. The standard InChI is InChI=1S/C10H15N3O4/c11-8-1-2-9(10(7-8)13(15)16)12-3-5-17-6-4-14/h1-2,7,12,14H,3-6,11H2. The lowest BCUT2D eigenvalue weighted by molar-refractivity contribution is -0.383. The van der Waals surface area contributed by atoms with Crippen LogP contribution in [0.3, 0.4) is 0 Å². The van der Waals surface area contributed by atoms with E-state index < -0.39 is 4.92 Å². The molecule has 0 aliphatic rings. The van der Waals surface area contributed by atoms with Gasteiger partial charge in [0.1, 0.15) is 5.69 Å². The van der Waals surface area contributed by atoms with Crippen LogP contribution in [0.25, 0.3) is 0 Å². The molecule has 0 aliphatic heterocycles. The molecule has 0 aliphatic carbocycles. The minimum absolute atomic E-state index is 0.0397. The molecule has 1 aromatic carbocycles. The minimum atomic E-state index is -0.493. The Kier molecular flexibility index (Phi) is 5.18. The Labute approximate surface area is 98.3 Å². The molecule has 1 aromatic rings. The van der Waals surface area contributed by atoms with Gasteiger partial charge in [-0.1, -0.05) is 0 Å². The van der Waals surface area contributed by atoms with Crippen molar-refractivity contribution in [2.45, 2.75) is 0 Å². The van der Waals surface area contributed by atoms with E-state index in [1.807, 2.05) is 0 Å². The summed E-state index contributed by atoms with van der Waals surface area (Å²) in [5.74, 6) is 0. The van der Waals surface area contributed by atoms with E-state index in [9.17, 15) is 10.1 Å². The Bertz CT molecular complexity index is 384. The average molecular weight is 241 g/mol. The van der Waals surface area contributed by atoms with E-state index in [1.54, 1.807) is 12.1 Å². The van der Waals surface area contributed by atoms with Gasteiger partial charge in [0.25, 0.3) is 5.69 Å². The van der Waals surface area contributed by atoms with Crippen LogP contribution in [0.4, 0.5) is 17.1 Å². The van der Waals surface area contributed by atoms with Crippen LogP contribution in [0.15, 0.2) is 18.2 Å². The summed E-state index contributed by atoms with van der Waals surface area (Å²) in [6.45, 7) is 1.00. The van der Waals surface area contributed by atoms with Gasteiger partial charge >= 0.3 is 0 Å². The fourth-order valence-corrected chi connectivity index (χ4v) is 1.27. The fraction of sp³-hybridized carbons (Fsp3) is 0.400.